The molecule has 0 unspecified atom stereocenters. The van der Waals surface area contributed by atoms with Crippen molar-refractivity contribution >= 4 is 27.7 Å². The number of hydrogen-bond donors (Lipinski definition) is 1. The fourth-order valence-electron chi connectivity index (χ4n) is 1.52. The third-order valence-corrected chi connectivity index (χ3v) is 3.31. The van der Waals surface area contributed by atoms with E-state index in [0.717, 1.165) is 10.2 Å². The lowest BCUT2D eigenvalue weighted by Gasteiger charge is -2.08. The molecule has 98 valence electrons. The lowest BCUT2D eigenvalue weighted by molar-refractivity contribution is 0.102. The summed E-state index contributed by atoms with van der Waals surface area (Å²) in [6.45, 7) is 1.85. The van der Waals surface area contributed by atoms with E-state index in [0.29, 0.717) is 11.4 Å². The van der Waals surface area contributed by atoms with Crippen LogP contribution in [-0.4, -0.2) is 23.0 Å². The third-order valence-electron chi connectivity index (χ3n) is 2.47. The van der Waals surface area contributed by atoms with Crippen LogP contribution in [0.15, 0.2) is 34.9 Å². The molecule has 0 aromatic carbocycles. The summed E-state index contributed by atoms with van der Waals surface area (Å²) < 4.78 is 5.94. The first kappa shape index (κ1) is 13.5. The van der Waals surface area contributed by atoms with Crippen molar-refractivity contribution in [1.82, 2.24) is 9.97 Å². The van der Waals surface area contributed by atoms with E-state index in [1.165, 1.54) is 7.11 Å². The van der Waals surface area contributed by atoms with Gasteiger partial charge in [-0.3, -0.25) is 4.79 Å². The van der Waals surface area contributed by atoms with Gasteiger partial charge in [0.15, 0.2) is 0 Å². The number of carbonyl (C=O) groups is 1. The molecule has 0 aliphatic heterocycles. The number of hydrogen-bond acceptors (Lipinski definition) is 4. The maximum Gasteiger partial charge on any atom is 0.262 e. The summed E-state index contributed by atoms with van der Waals surface area (Å²) in [5.74, 6) is 0.463. The number of halogens is 1. The average molecular weight is 322 g/mol. The number of aromatic nitrogens is 2. The number of nitrogens with one attached hydrogen (secondary N) is 1. The Morgan fingerprint density at radius 3 is 2.84 bits per heavy atom. The molecular formula is C13H12BrN3O2. The standard InChI is InChI=1S/C13H12BrN3O2/c1-8-10(14)5-6-11(16-8)17-12(18)9-4-3-7-15-13(9)19-2/h3-7H,1-2H3,(H,16,17,18). The second-order valence-electron chi connectivity index (χ2n) is 3.78. The van der Waals surface area contributed by atoms with Gasteiger partial charge in [-0.15, -0.1) is 0 Å². The highest BCUT2D eigenvalue weighted by Crippen LogP contribution is 2.18. The van der Waals surface area contributed by atoms with Crippen LogP contribution in [0.25, 0.3) is 0 Å². The molecule has 6 heteroatoms. The molecule has 0 bridgehead atoms. The molecule has 2 heterocycles. The van der Waals surface area contributed by atoms with Crippen molar-refractivity contribution in [3.8, 4) is 5.88 Å². The zero-order valence-electron chi connectivity index (χ0n) is 10.5. The van der Waals surface area contributed by atoms with Gasteiger partial charge >= 0.3 is 0 Å². The van der Waals surface area contributed by atoms with Crippen molar-refractivity contribution in [3.05, 3.63) is 46.2 Å². The summed E-state index contributed by atoms with van der Waals surface area (Å²) in [4.78, 5) is 20.3. The zero-order valence-corrected chi connectivity index (χ0v) is 12.1. The molecule has 0 spiro atoms. The molecule has 0 atom stereocenters. The minimum atomic E-state index is -0.306. The number of ether oxygens (including phenoxy) is 1. The van der Waals surface area contributed by atoms with E-state index in [9.17, 15) is 4.79 Å². The van der Waals surface area contributed by atoms with Crippen LogP contribution in [0.5, 0.6) is 5.88 Å². The van der Waals surface area contributed by atoms with Crippen molar-refractivity contribution in [2.75, 3.05) is 12.4 Å². The molecular weight excluding hydrogens is 310 g/mol. The highest BCUT2D eigenvalue weighted by atomic mass is 79.9. The van der Waals surface area contributed by atoms with Gasteiger partial charge in [0, 0.05) is 10.7 Å². The molecule has 0 aliphatic carbocycles. The zero-order chi connectivity index (χ0) is 13.8. The van der Waals surface area contributed by atoms with Crippen LogP contribution in [0.4, 0.5) is 5.82 Å². The maximum atomic E-state index is 12.1. The summed E-state index contributed by atoms with van der Waals surface area (Å²) in [6.07, 6.45) is 1.57. The minimum absolute atomic E-state index is 0.286. The molecule has 2 aromatic rings. The van der Waals surface area contributed by atoms with Gasteiger partial charge in [-0.05, 0) is 47.1 Å². The van der Waals surface area contributed by atoms with Crippen molar-refractivity contribution < 1.29 is 9.53 Å². The van der Waals surface area contributed by atoms with Gasteiger partial charge < -0.3 is 10.1 Å². The van der Waals surface area contributed by atoms with E-state index in [1.807, 2.05) is 13.0 Å². The SMILES string of the molecule is COc1ncccc1C(=O)Nc1ccc(Br)c(C)n1. The van der Waals surface area contributed by atoms with Gasteiger partial charge in [-0.1, -0.05) is 0 Å². The number of methoxy groups -OCH3 is 1. The summed E-state index contributed by atoms with van der Waals surface area (Å²) in [7, 11) is 1.47. The number of carbonyl (C=O) groups excluding carboxylic acids is 1. The molecule has 2 rings (SSSR count). The molecule has 2 aromatic heterocycles. The van der Waals surface area contributed by atoms with Crippen LogP contribution in [0.1, 0.15) is 16.1 Å². The molecule has 0 aliphatic rings. The monoisotopic (exact) mass is 321 g/mol. The molecule has 0 saturated heterocycles. The van der Waals surface area contributed by atoms with E-state index < -0.39 is 0 Å². The van der Waals surface area contributed by atoms with Crippen LogP contribution < -0.4 is 10.1 Å². The molecule has 0 fully saturated rings. The second-order valence-corrected chi connectivity index (χ2v) is 4.63. The Bertz CT molecular complexity index is 617. The van der Waals surface area contributed by atoms with E-state index in [4.69, 9.17) is 4.74 Å². The summed E-state index contributed by atoms with van der Waals surface area (Å²) in [5, 5.41) is 2.71. The van der Waals surface area contributed by atoms with Crippen molar-refractivity contribution in [2.24, 2.45) is 0 Å². The first-order valence-electron chi connectivity index (χ1n) is 5.55. The Morgan fingerprint density at radius 2 is 2.16 bits per heavy atom. The Morgan fingerprint density at radius 1 is 1.37 bits per heavy atom. The molecule has 5 nitrogen and oxygen atoms in total. The van der Waals surface area contributed by atoms with E-state index >= 15 is 0 Å². The fraction of sp³-hybridized carbons (Fsp3) is 0.154. The Hall–Kier alpha value is -1.95. The van der Waals surface area contributed by atoms with Gasteiger partial charge in [0.05, 0.1) is 12.8 Å². The largest absolute Gasteiger partial charge is 0.480 e. The topological polar surface area (TPSA) is 64.1 Å². The first-order chi connectivity index (χ1) is 9.11. The van der Waals surface area contributed by atoms with Crippen molar-refractivity contribution in [3.63, 3.8) is 0 Å². The van der Waals surface area contributed by atoms with Crippen molar-refractivity contribution in [2.45, 2.75) is 6.92 Å². The van der Waals surface area contributed by atoms with E-state index in [1.54, 1.807) is 24.4 Å². The number of pyridine rings is 2. The summed E-state index contributed by atoms with van der Waals surface area (Å²) in [5.41, 5.74) is 1.17. The summed E-state index contributed by atoms with van der Waals surface area (Å²) in [6, 6.07) is 6.88. The van der Waals surface area contributed by atoms with Crippen LogP contribution in [0.2, 0.25) is 0 Å². The van der Waals surface area contributed by atoms with Gasteiger partial charge in [0.2, 0.25) is 5.88 Å². The predicted molar refractivity (Wildman–Crippen MR) is 75.4 cm³/mol. The Balaban J connectivity index is 2.23. The van der Waals surface area contributed by atoms with Gasteiger partial charge in [0.1, 0.15) is 11.4 Å². The Kier molecular flexibility index (Phi) is 4.11. The summed E-state index contributed by atoms with van der Waals surface area (Å²) >= 11 is 3.36. The Labute approximate surface area is 119 Å². The smallest absolute Gasteiger partial charge is 0.262 e. The third kappa shape index (κ3) is 3.08. The minimum Gasteiger partial charge on any atom is -0.480 e. The average Bonchev–Trinajstić information content (AvgIpc) is 2.43. The lowest BCUT2D eigenvalue weighted by atomic mass is 10.2. The van der Waals surface area contributed by atoms with Gasteiger partial charge in [-0.25, -0.2) is 9.97 Å². The van der Waals surface area contributed by atoms with Crippen LogP contribution in [0.3, 0.4) is 0 Å². The molecule has 1 N–H and O–H groups in total. The number of rotatable bonds is 3. The van der Waals surface area contributed by atoms with Crippen LogP contribution in [0, 0.1) is 6.92 Å². The predicted octanol–water partition coefficient (Wildman–Crippen LogP) is 2.81. The van der Waals surface area contributed by atoms with E-state index in [2.05, 4.69) is 31.2 Å². The second kappa shape index (κ2) is 5.79. The fourth-order valence-corrected chi connectivity index (χ4v) is 1.74. The van der Waals surface area contributed by atoms with Crippen LogP contribution in [-0.2, 0) is 0 Å². The lowest BCUT2D eigenvalue weighted by Crippen LogP contribution is -2.14. The molecule has 0 saturated carbocycles. The molecule has 19 heavy (non-hydrogen) atoms. The van der Waals surface area contributed by atoms with Crippen molar-refractivity contribution in [1.29, 1.82) is 0 Å². The highest BCUT2D eigenvalue weighted by Gasteiger charge is 2.13. The molecule has 0 radical (unpaired) electrons. The van der Waals surface area contributed by atoms with Gasteiger partial charge in [0.25, 0.3) is 5.91 Å². The van der Waals surface area contributed by atoms with Crippen LogP contribution >= 0.6 is 15.9 Å². The number of nitrogens with zero attached hydrogens (tertiary/aromatic N) is 2. The quantitative estimate of drug-likeness (QED) is 0.944. The normalized spacial score (nSPS) is 10.1. The maximum absolute atomic E-state index is 12.1. The van der Waals surface area contributed by atoms with E-state index in [-0.39, 0.29) is 11.8 Å². The highest BCUT2D eigenvalue weighted by molar-refractivity contribution is 9.10. The number of anilines is 1. The number of amides is 1. The first-order valence-corrected chi connectivity index (χ1v) is 6.34. The molecule has 1 amide bonds. The number of aryl methyl sites for hydroxylation is 1. The van der Waals surface area contributed by atoms with Gasteiger partial charge in [-0.2, -0.15) is 0 Å².